The number of nitrogens with zero attached hydrogens (tertiary/aromatic N) is 1. The van der Waals surface area contributed by atoms with Crippen LogP contribution in [0.1, 0.15) is 11.1 Å². The van der Waals surface area contributed by atoms with Crippen LogP contribution in [-0.4, -0.2) is 18.0 Å². The van der Waals surface area contributed by atoms with Crippen LogP contribution in [0.25, 0.3) is 5.57 Å². The summed E-state index contributed by atoms with van der Waals surface area (Å²) in [6.45, 7) is 2.06. The molecule has 0 aromatic heterocycles. The first kappa shape index (κ1) is 12.7. The monoisotopic (exact) mass is 261 g/mol. The summed E-state index contributed by atoms with van der Waals surface area (Å²) in [5.41, 5.74) is 4.02. The van der Waals surface area contributed by atoms with Gasteiger partial charge < -0.3 is 4.90 Å². The van der Waals surface area contributed by atoms with Crippen molar-refractivity contribution in [1.29, 1.82) is 0 Å². The van der Waals surface area contributed by atoms with Gasteiger partial charge in [0.15, 0.2) is 0 Å². The molecular formula is C19H19N. The van der Waals surface area contributed by atoms with E-state index in [0.717, 1.165) is 19.5 Å². The van der Waals surface area contributed by atoms with Gasteiger partial charge in [0.05, 0.1) is 0 Å². The lowest BCUT2D eigenvalue weighted by atomic mass is 10.0. The average molecular weight is 261 g/mol. The van der Waals surface area contributed by atoms with Crippen LogP contribution in [0.5, 0.6) is 0 Å². The van der Waals surface area contributed by atoms with E-state index in [4.69, 9.17) is 0 Å². The zero-order chi connectivity index (χ0) is 13.6. The summed E-state index contributed by atoms with van der Waals surface area (Å²) < 4.78 is 0. The van der Waals surface area contributed by atoms with Gasteiger partial charge in [-0.15, -0.1) is 0 Å². The molecule has 0 atom stereocenters. The van der Waals surface area contributed by atoms with Crippen LogP contribution in [0.15, 0.2) is 79.0 Å². The van der Waals surface area contributed by atoms with E-state index in [9.17, 15) is 0 Å². The molecule has 0 saturated heterocycles. The second kappa shape index (κ2) is 6.25. The molecule has 0 amide bonds. The van der Waals surface area contributed by atoms with E-state index >= 15 is 0 Å². The zero-order valence-electron chi connectivity index (χ0n) is 11.6. The maximum absolute atomic E-state index is 2.36. The maximum Gasteiger partial charge on any atom is 0.0363 e. The van der Waals surface area contributed by atoms with E-state index in [1.165, 1.54) is 16.7 Å². The normalized spacial score (nSPS) is 14.2. The third kappa shape index (κ3) is 3.18. The lowest BCUT2D eigenvalue weighted by Gasteiger charge is -2.22. The van der Waals surface area contributed by atoms with Crippen LogP contribution >= 0.6 is 0 Å². The molecule has 1 nitrogen and oxygen atoms in total. The number of allylic oxidation sites excluding steroid dienone is 2. The fraction of sp³-hybridized carbons (Fsp3) is 0.158. The Bertz CT molecular complexity index is 596. The Morgan fingerprint density at radius 1 is 0.850 bits per heavy atom. The van der Waals surface area contributed by atoms with Gasteiger partial charge in [-0.25, -0.2) is 0 Å². The van der Waals surface area contributed by atoms with Crippen LogP contribution in [0, 0.1) is 0 Å². The Labute approximate surface area is 120 Å². The van der Waals surface area contributed by atoms with Crippen molar-refractivity contribution < 1.29 is 0 Å². The van der Waals surface area contributed by atoms with Gasteiger partial charge in [0, 0.05) is 13.1 Å². The first-order chi connectivity index (χ1) is 9.92. The van der Waals surface area contributed by atoms with Gasteiger partial charge in [0.25, 0.3) is 0 Å². The van der Waals surface area contributed by atoms with E-state index in [2.05, 4.69) is 83.9 Å². The third-order valence-electron chi connectivity index (χ3n) is 3.65. The minimum atomic E-state index is 0.994. The first-order valence-electron chi connectivity index (χ1n) is 7.13. The van der Waals surface area contributed by atoms with Gasteiger partial charge in [0.1, 0.15) is 0 Å². The summed E-state index contributed by atoms with van der Waals surface area (Å²) in [7, 11) is 0. The van der Waals surface area contributed by atoms with Crippen LogP contribution in [0.4, 0.5) is 0 Å². The highest BCUT2D eigenvalue weighted by Crippen LogP contribution is 2.19. The molecule has 3 rings (SSSR count). The Morgan fingerprint density at radius 3 is 2.20 bits per heavy atom. The van der Waals surface area contributed by atoms with Crippen LogP contribution in [0.3, 0.4) is 0 Å². The summed E-state index contributed by atoms with van der Waals surface area (Å²) in [5.74, 6) is 0. The molecule has 0 bridgehead atoms. The van der Waals surface area contributed by atoms with Crippen molar-refractivity contribution in [2.24, 2.45) is 0 Å². The summed E-state index contributed by atoms with van der Waals surface area (Å²) in [4.78, 5) is 2.36. The van der Waals surface area contributed by atoms with Gasteiger partial charge in [-0.2, -0.15) is 0 Å². The van der Waals surface area contributed by atoms with E-state index in [1.807, 2.05) is 0 Å². The van der Waals surface area contributed by atoms with Gasteiger partial charge in [0.2, 0.25) is 0 Å². The average Bonchev–Trinajstić information content (AvgIpc) is 2.55. The molecule has 0 radical (unpaired) electrons. The predicted octanol–water partition coefficient (Wildman–Crippen LogP) is 4.14. The lowest BCUT2D eigenvalue weighted by Crippen LogP contribution is -2.22. The van der Waals surface area contributed by atoms with Crippen LogP contribution < -0.4 is 0 Å². The quantitative estimate of drug-likeness (QED) is 0.799. The minimum absolute atomic E-state index is 0.994. The molecule has 0 fully saturated rings. The molecular weight excluding hydrogens is 242 g/mol. The van der Waals surface area contributed by atoms with Gasteiger partial charge >= 0.3 is 0 Å². The summed E-state index contributed by atoms with van der Waals surface area (Å²) in [6, 6.07) is 21.2. The first-order valence-corrected chi connectivity index (χ1v) is 7.13. The molecule has 1 aliphatic heterocycles. The molecule has 0 N–H and O–H groups in total. The lowest BCUT2D eigenvalue weighted by molar-refractivity contribution is 0.417. The van der Waals surface area contributed by atoms with E-state index in [-0.39, 0.29) is 0 Å². The number of hydrogen-bond acceptors (Lipinski definition) is 1. The second-order valence-corrected chi connectivity index (χ2v) is 5.07. The summed E-state index contributed by atoms with van der Waals surface area (Å²) >= 11 is 0. The minimum Gasteiger partial charge on any atom is -0.373 e. The molecule has 20 heavy (non-hydrogen) atoms. The van der Waals surface area contributed by atoms with Crippen molar-refractivity contribution in [2.75, 3.05) is 13.1 Å². The number of benzene rings is 2. The van der Waals surface area contributed by atoms with Crippen molar-refractivity contribution in [3.63, 3.8) is 0 Å². The molecule has 1 heterocycles. The van der Waals surface area contributed by atoms with Crippen molar-refractivity contribution in [2.45, 2.75) is 6.42 Å². The highest BCUT2D eigenvalue weighted by molar-refractivity contribution is 5.74. The Balaban J connectivity index is 1.56. The van der Waals surface area contributed by atoms with E-state index < -0.39 is 0 Å². The highest BCUT2D eigenvalue weighted by atomic mass is 15.1. The fourth-order valence-electron chi connectivity index (χ4n) is 2.46. The molecule has 0 unspecified atom stereocenters. The van der Waals surface area contributed by atoms with Crippen molar-refractivity contribution in [3.05, 3.63) is 90.1 Å². The summed E-state index contributed by atoms with van der Waals surface area (Å²) in [5, 5.41) is 0. The number of rotatable bonds is 4. The third-order valence-corrected chi connectivity index (χ3v) is 3.65. The Hall–Kier alpha value is -2.28. The second-order valence-electron chi connectivity index (χ2n) is 5.07. The molecule has 0 aliphatic carbocycles. The fourth-order valence-corrected chi connectivity index (χ4v) is 2.46. The van der Waals surface area contributed by atoms with Crippen molar-refractivity contribution in [1.82, 2.24) is 4.90 Å². The largest absolute Gasteiger partial charge is 0.373 e. The zero-order valence-corrected chi connectivity index (χ0v) is 11.6. The topological polar surface area (TPSA) is 3.24 Å². The van der Waals surface area contributed by atoms with Gasteiger partial charge in [-0.05, 0) is 35.4 Å². The SMILES string of the molecule is C1=CN(CCc2ccccc2)CC=C1c1ccccc1. The Morgan fingerprint density at radius 2 is 1.55 bits per heavy atom. The Kier molecular flexibility index (Phi) is 3.98. The standard InChI is InChI=1S/C19H19N/c1-3-7-17(8-4-1)11-14-20-15-12-19(13-16-20)18-9-5-2-6-10-18/h1-10,12-13,15H,11,14,16H2. The van der Waals surface area contributed by atoms with Crippen molar-refractivity contribution in [3.8, 4) is 0 Å². The number of hydrogen-bond donors (Lipinski definition) is 0. The molecule has 0 saturated carbocycles. The smallest absolute Gasteiger partial charge is 0.0363 e. The van der Waals surface area contributed by atoms with Gasteiger partial charge in [-0.1, -0.05) is 66.7 Å². The predicted molar refractivity (Wildman–Crippen MR) is 85.3 cm³/mol. The molecule has 0 spiro atoms. The van der Waals surface area contributed by atoms with Crippen LogP contribution in [-0.2, 0) is 6.42 Å². The maximum atomic E-state index is 2.36. The molecule has 100 valence electrons. The molecule has 2 aromatic rings. The molecule has 1 aliphatic rings. The molecule has 2 aromatic carbocycles. The van der Waals surface area contributed by atoms with E-state index in [1.54, 1.807) is 0 Å². The van der Waals surface area contributed by atoms with Crippen LogP contribution in [0.2, 0.25) is 0 Å². The van der Waals surface area contributed by atoms with Crippen molar-refractivity contribution >= 4 is 5.57 Å². The summed E-state index contributed by atoms with van der Waals surface area (Å²) in [6.07, 6.45) is 7.83. The molecule has 1 heteroatoms. The van der Waals surface area contributed by atoms with E-state index in [0.29, 0.717) is 0 Å². The van der Waals surface area contributed by atoms with Gasteiger partial charge in [-0.3, -0.25) is 0 Å². The highest BCUT2D eigenvalue weighted by Gasteiger charge is 2.06.